The highest BCUT2D eigenvalue weighted by atomic mass is 16.5. The number of ether oxygens (including phenoxy) is 1. The van der Waals surface area contributed by atoms with E-state index in [9.17, 15) is 9.59 Å². The molecule has 0 radical (unpaired) electrons. The summed E-state index contributed by atoms with van der Waals surface area (Å²) in [6, 6.07) is 13.4. The van der Waals surface area contributed by atoms with Gasteiger partial charge >= 0.3 is 5.69 Å². The van der Waals surface area contributed by atoms with Gasteiger partial charge < -0.3 is 10.1 Å². The Kier molecular flexibility index (Phi) is 5.53. The first-order valence-corrected chi connectivity index (χ1v) is 10.0. The van der Waals surface area contributed by atoms with Crippen LogP contribution in [0.1, 0.15) is 23.6 Å². The highest BCUT2D eigenvalue weighted by Gasteiger charge is 2.16. The van der Waals surface area contributed by atoms with Crippen LogP contribution in [-0.2, 0) is 17.8 Å². The second-order valence-electron chi connectivity index (χ2n) is 7.39. The van der Waals surface area contributed by atoms with Crippen molar-refractivity contribution in [2.45, 2.75) is 33.7 Å². The van der Waals surface area contributed by atoms with Gasteiger partial charge in [0.2, 0.25) is 11.6 Å². The minimum Gasteiger partial charge on any atom is -0.436 e. The number of benzene rings is 2. The minimum absolute atomic E-state index is 0.194. The van der Waals surface area contributed by atoms with Gasteiger partial charge in [0.25, 0.3) is 5.88 Å². The summed E-state index contributed by atoms with van der Waals surface area (Å²) in [5, 5.41) is 7.10. The van der Waals surface area contributed by atoms with Crippen molar-refractivity contribution < 1.29 is 9.53 Å². The van der Waals surface area contributed by atoms with Crippen molar-refractivity contribution in [2.75, 3.05) is 5.32 Å². The molecule has 0 aliphatic rings. The molecule has 4 rings (SSSR count). The van der Waals surface area contributed by atoms with E-state index in [0.717, 1.165) is 27.8 Å². The standard InChI is InChI=1S/C23H23N5O3/c1-4-17-6-5-7-18(13-17)25-20(29)14-28-23(30)27-9-8-24-22(21(27)26-28)31-19-11-15(2)10-16(3)12-19/h5-13H,4,14H2,1-3H3,(H,25,29). The third kappa shape index (κ3) is 4.48. The van der Waals surface area contributed by atoms with Gasteiger partial charge in [0.15, 0.2) is 0 Å². The summed E-state index contributed by atoms with van der Waals surface area (Å²) < 4.78 is 8.32. The number of fused-ring (bicyclic) bond motifs is 1. The number of carbonyl (C=O) groups excluding carboxylic acids is 1. The van der Waals surface area contributed by atoms with Crippen LogP contribution in [0.5, 0.6) is 11.6 Å². The van der Waals surface area contributed by atoms with E-state index in [1.54, 1.807) is 0 Å². The fraction of sp³-hybridized carbons (Fsp3) is 0.217. The van der Waals surface area contributed by atoms with Crippen LogP contribution in [0, 0.1) is 13.8 Å². The summed E-state index contributed by atoms with van der Waals surface area (Å²) in [7, 11) is 0. The summed E-state index contributed by atoms with van der Waals surface area (Å²) in [5.41, 5.74) is 3.69. The van der Waals surface area contributed by atoms with Crippen LogP contribution in [0.2, 0.25) is 0 Å². The minimum atomic E-state index is -0.444. The number of aromatic nitrogens is 4. The summed E-state index contributed by atoms with van der Waals surface area (Å²) in [6.07, 6.45) is 3.83. The van der Waals surface area contributed by atoms with Crippen LogP contribution < -0.4 is 15.7 Å². The number of hydrogen-bond donors (Lipinski definition) is 1. The lowest BCUT2D eigenvalue weighted by molar-refractivity contribution is -0.117. The smallest absolute Gasteiger partial charge is 0.351 e. The molecule has 4 aromatic rings. The Morgan fingerprint density at radius 2 is 1.90 bits per heavy atom. The molecule has 0 saturated carbocycles. The Hall–Kier alpha value is -3.94. The lowest BCUT2D eigenvalue weighted by Gasteiger charge is -2.07. The topological polar surface area (TPSA) is 90.5 Å². The molecular weight excluding hydrogens is 394 g/mol. The van der Waals surface area contributed by atoms with Crippen LogP contribution in [-0.4, -0.2) is 25.1 Å². The zero-order valence-electron chi connectivity index (χ0n) is 17.6. The monoisotopic (exact) mass is 417 g/mol. The van der Waals surface area contributed by atoms with E-state index >= 15 is 0 Å². The van der Waals surface area contributed by atoms with Crippen molar-refractivity contribution in [1.82, 2.24) is 19.2 Å². The summed E-state index contributed by atoms with van der Waals surface area (Å²) >= 11 is 0. The van der Waals surface area contributed by atoms with Gasteiger partial charge in [-0.1, -0.05) is 25.1 Å². The maximum absolute atomic E-state index is 12.7. The number of amides is 1. The predicted octanol–water partition coefficient (Wildman–Crippen LogP) is 3.50. The molecule has 31 heavy (non-hydrogen) atoms. The highest BCUT2D eigenvalue weighted by Crippen LogP contribution is 2.24. The van der Waals surface area contributed by atoms with Crippen LogP contribution in [0.25, 0.3) is 5.65 Å². The molecular formula is C23H23N5O3. The van der Waals surface area contributed by atoms with Crippen LogP contribution >= 0.6 is 0 Å². The molecule has 8 nitrogen and oxygen atoms in total. The zero-order chi connectivity index (χ0) is 22.0. The van der Waals surface area contributed by atoms with Gasteiger partial charge in [0.1, 0.15) is 12.3 Å². The average molecular weight is 417 g/mol. The Morgan fingerprint density at radius 3 is 2.65 bits per heavy atom. The molecule has 0 fully saturated rings. The Labute approximate surface area is 179 Å². The number of hydrogen-bond acceptors (Lipinski definition) is 5. The molecule has 158 valence electrons. The van der Waals surface area contributed by atoms with E-state index in [-0.39, 0.29) is 24.0 Å². The molecule has 0 bridgehead atoms. The molecule has 2 aromatic heterocycles. The van der Waals surface area contributed by atoms with Gasteiger partial charge in [0, 0.05) is 18.1 Å². The lowest BCUT2D eigenvalue weighted by atomic mass is 10.1. The maximum Gasteiger partial charge on any atom is 0.351 e. The first kappa shape index (κ1) is 20.3. The van der Waals surface area contributed by atoms with Crippen molar-refractivity contribution in [3.63, 3.8) is 0 Å². The number of nitrogens with zero attached hydrogens (tertiary/aromatic N) is 4. The maximum atomic E-state index is 12.7. The normalized spacial score (nSPS) is 10.9. The molecule has 0 aliphatic heterocycles. The Balaban J connectivity index is 1.59. The van der Waals surface area contributed by atoms with Gasteiger partial charge in [0.05, 0.1) is 0 Å². The molecule has 0 spiro atoms. The summed E-state index contributed by atoms with van der Waals surface area (Å²) in [4.78, 5) is 29.4. The van der Waals surface area contributed by atoms with Gasteiger partial charge in [-0.05, 0) is 61.2 Å². The highest BCUT2D eigenvalue weighted by molar-refractivity contribution is 5.90. The Bertz CT molecular complexity index is 1300. The molecule has 8 heteroatoms. The first-order valence-electron chi connectivity index (χ1n) is 10.0. The number of carbonyl (C=O) groups is 1. The first-order chi connectivity index (χ1) is 14.9. The third-order valence-corrected chi connectivity index (χ3v) is 4.79. The SMILES string of the molecule is CCc1cccc(NC(=O)Cn2nc3c(Oc4cc(C)cc(C)c4)nccn3c2=O)c1. The molecule has 0 unspecified atom stereocenters. The number of anilines is 1. The largest absolute Gasteiger partial charge is 0.436 e. The fourth-order valence-corrected chi connectivity index (χ4v) is 3.41. The molecule has 2 heterocycles. The molecule has 0 saturated heterocycles. The molecule has 1 amide bonds. The van der Waals surface area contributed by atoms with Crippen molar-refractivity contribution in [3.8, 4) is 11.6 Å². The van der Waals surface area contributed by atoms with Crippen molar-refractivity contribution in [2.24, 2.45) is 0 Å². The predicted molar refractivity (Wildman–Crippen MR) is 118 cm³/mol. The van der Waals surface area contributed by atoms with Gasteiger partial charge in [-0.25, -0.2) is 18.9 Å². The molecule has 0 atom stereocenters. The fourth-order valence-electron chi connectivity index (χ4n) is 3.41. The van der Waals surface area contributed by atoms with E-state index in [1.165, 1.54) is 16.8 Å². The van der Waals surface area contributed by atoms with Crippen molar-refractivity contribution in [1.29, 1.82) is 0 Å². The van der Waals surface area contributed by atoms with Crippen molar-refractivity contribution >= 4 is 17.2 Å². The number of aryl methyl sites for hydroxylation is 3. The Morgan fingerprint density at radius 1 is 1.13 bits per heavy atom. The van der Waals surface area contributed by atoms with Crippen LogP contribution in [0.3, 0.4) is 0 Å². The van der Waals surface area contributed by atoms with Crippen LogP contribution in [0.15, 0.2) is 59.7 Å². The van der Waals surface area contributed by atoms with E-state index in [2.05, 4.69) is 15.4 Å². The van der Waals surface area contributed by atoms with E-state index in [4.69, 9.17) is 4.74 Å². The van der Waals surface area contributed by atoms with Gasteiger partial charge in [-0.15, -0.1) is 5.10 Å². The number of rotatable bonds is 6. The second kappa shape index (κ2) is 8.43. The van der Waals surface area contributed by atoms with Crippen LogP contribution in [0.4, 0.5) is 5.69 Å². The average Bonchev–Trinajstić information content (AvgIpc) is 3.04. The summed E-state index contributed by atoms with van der Waals surface area (Å²) in [6.45, 7) is 5.77. The quantitative estimate of drug-likeness (QED) is 0.519. The number of nitrogens with one attached hydrogen (secondary N) is 1. The van der Waals surface area contributed by atoms with E-state index in [0.29, 0.717) is 11.4 Å². The van der Waals surface area contributed by atoms with Gasteiger partial charge in [-0.2, -0.15) is 0 Å². The van der Waals surface area contributed by atoms with E-state index < -0.39 is 5.69 Å². The third-order valence-electron chi connectivity index (χ3n) is 4.79. The second-order valence-corrected chi connectivity index (χ2v) is 7.39. The van der Waals surface area contributed by atoms with Gasteiger partial charge in [-0.3, -0.25) is 4.79 Å². The van der Waals surface area contributed by atoms with Crippen molar-refractivity contribution in [3.05, 3.63) is 82.0 Å². The molecule has 0 aliphatic carbocycles. The molecule has 1 N–H and O–H groups in total. The summed E-state index contributed by atoms with van der Waals surface area (Å²) in [5.74, 6) is 0.455. The van der Waals surface area contributed by atoms with E-state index in [1.807, 2.05) is 63.2 Å². The lowest BCUT2D eigenvalue weighted by Crippen LogP contribution is -2.28. The molecule has 2 aromatic carbocycles. The zero-order valence-corrected chi connectivity index (χ0v) is 17.6.